The van der Waals surface area contributed by atoms with Crippen LogP contribution in [0.3, 0.4) is 0 Å². The molecule has 0 fully saturated rings. The third-order valence-corrected chi connectivity index (χ3v) is 4.24. The van der Waals surface area contributed by atoms with Crippen LogP contribution in [0.1, 0.15) is 16.7 Å². The number of benzene rings is 3. The largest absolute Gasteiger partial charge is 0.497 e. The minimum atomic E-state index is -0.247. The number of azo groups is 1. The second-order valence-corrected chi connectivity index (χ2v) is 6.66. The van der Waals surface area contributed by atoms with Gasteiger partial charge >= 0.3 is 0 Å². The summed E-state index contributed by atoms with van der Waals surface area (Å²) in [6, 6.07) is 20.9. The number of ether oxygens (including phenoxy) is 1. The number of aryl methyl sites for hydroxylation is 2. The molecular formula is C24H23N3O2. The Morgan fingerprint density at radius 1 is 0.931 bits per heavy atom. The van der Waals surface area contributed by atoms with Crippen molar-refractivity contribution < 1.29 is 9.53 Å². The lowest BCUT2D eigenvalue weighted by atomic mass is 10.2. The number of carbonyl (C=O) groups excluding carboxylic acids is 1. The van der Waals surface area contributed by atoms with Gasteiger partial charge in [-0.25, -0.2) is 0 Å². The number of hydrogen-bond donors (Lipinski definition) is 1. The maximum absolute atomic E-state index is 12.4. The number of hydrogen-bond acceptors (Lipinski definition) is 4. The molecule has 0 bridgehead atoms. The first-order chi connectivity index (χ1) is 14.0. The van der Waals surface area contributed by atoms with Crippen molar-refractivity contribution in [3.8, 4) is 5.75 Å². The van der Waals surface area contributed by atoms with Crippen molar-refractivity contribution in [3.05, 3.63) is 89.5 Å². The van der Waals surface area contributed by atoms with Gasteiger partial charge in [-0.3, -0.25) is 4.79 Å². The predicted octanol–water partition coefficient (Wildman–Crippen LogP) is 6.38. The Morgan fingerprint density at radius 2 is 1.69 bits per heavy atom. The molecule has 0 heterocycles. The smallest absolute Gasteiger partial charge is 0.248 e. The van der Waals surface area contributed by atoms with Gasteiger partial charge in [-0.2, -0.15) is 5.11 Å². The van der Waals surface area contributed by atoms with Crippen LogP contribution in [-0.4, -0.2) is 13.0 Å². The third kappa shape index (κ3) is 5.87. The van der Waals surface area contributed by atoms with Crippen LogP contribution < -0.4 is 10.1 Å². The SMILES string of the molecule is COc1cccc(/C=C/C(=O)Nc2ccc(C)cc2N=Nc2ccc(C)cc2)c1. The molecule has 0 aliphatic rings. The van der Waals surface area contributed by atoms with Gasteiger partial charge in [-0.1, -0.05) is 35.9 Å². The standard InChI is InChI=1S/C24H23N3O2/c1-17-7-11-20(12-8-17)26-27-23-15-18(2)9-13-22(23)25-24(28)14-10-19-5-4-6-21(16-19)29-3/h4-16H,1-3H3,(H,25,28)/b14-10+,27-26?. The van der Waals surface area contributed by atoms with E-state index in [0.29, 0.717) is 11.4 Å². The Labute approximate surface area is 170 Å². The minimum Gasteiger partial charge on any atom is -0.497 e. The van der Waals surface area contributed by atoms with E-state index in [1.807, 2.05) is 80.6 Å². The fraction of sp³-hybridized carbons (Fsp3) is 0.125. The average Bonchev–Trinajstić information content (AvgIpc) is 2.73. The highest BCUT2D eigenvalue weighted by Gasteiger charge is 2.05. The van der Waals surface area contributed by atoms with Crippen molar-refractivity contribution in [1.29, 1.82) is 0 Å². The van der Waals surface area contributed by atoms with Gasteiger partial charge in [0.15, 0.2) is 0 Å². The molecule has 5 heteroatoms. The fourth-order valence-corrected chi connectivity index (χ4v) is 2.64. The van der Waals surface area contributed by atoms with E-state index in [2.05, 4.69) is 15.5 Å². The summed E-state index contributed by atoms with van der Waals surface area (Å²) in [5, 5.41) is 11.5. The Kier molecular flexibility index (Phi) is 6.53. The van der Waals surface area contributed by atoms with Gasteiger partial charge in [-0.15, -0.1) is 5.11 Å². The molecule has 0 spiro atoms. The van der Waals surface area contributed by atoms with Gasteiger partial charge in [0.1, 0.15) is 11.4 Å². The molecule has 5 nitrogen and oxygen atoms in total. The van der Waals surface area contributed by atoms with Crippen LogP contribution in [-0.2, 0) is 4.79 Å². The lowest BCUT2D eigenvalue weighted by Crippen LogP contribution is -2.07. The van der Waals surface area contributed by atoms with Crippen LogP contribution in [0.2, 0.25) is 0 Å². The van der Waals surface area contributed by atoms with Crippen molar-refractivity contribution in [2.75, 3.05) is 12.4 Å². The van der Waals surface area contributed by atoms with Crippen LogP contribution in [0.15, 0.2) is 83.0 Å². The van der Waals surface area contributed by atoms with E-state index in [-0.39, 0.29) is 5.91 Å². The molecule has 3 rings (SSSR count). The molecule has 29 heavy (non-hydrogen) atoms. The fourth-order valence-electron chi connectivity index (χ4n) is 2.64. The predicted molar refractivity (Wildman–Crippen MR) is 117 cm³/mol. The lowest BCUT2D eigenvalue weighted by Gasteiger charge is -2.07. The number of methoxy groups -OCH3 is 1. The molecule has 0 unspecified atom stereocenters. The molecule has 0 atom stereocenters. The van der Waals surface area contributed by atoms with Crippen molar-refractivity contribution in [2.45, 2.75) is 13.8 Å². The van der Waals surface area contributed by atoms with Gasteiger partial charge in [-0.05, 0) is 67.4 Å². The molecule has 0 aliphatic heterocycles. The lowest BCUT2D eigenvalue weighted by molar-refractivity contribution is -0.111. The van der Waals surface area contributed by atoms with Gasteiger partial charge in [0.25, 0.3) is 0 Å². The zero-order valence-electron chi connectivity index (χ0n) is 16.7. The summed E-state index contributed by atoms with van der Waals surface area (Å²) < 4.78 is 5.20. The molecule has 0 saturated carbocycles. The monoisotopic (exact) mass is 385 g/mol. The Hall–Kier alpha value is -3.73. The summed E-state index contributed by atoms with van der Waals surface area (Å²) in [6.07, 6.45) is 3.22. The zero-order valence-corrected chi connectivity index (χ0v) is 16.7. The zero-order chi connectivity index (χ0) is 20.6. The van der Waals surface area contributed by atoms with E-state index in [0.717, 1.165) is 28.1 Å². The van der Waals surface area contributed by atoms with Crippen molar-refractivity contribution in [3.63, 3.8) is 0 Å². The quantitative estimate of drug-likeness (QED) is 0.395. The van der Waals surface area contributed by atoms with E-state index in [4.69, 9.17) is 4.74 Å². The molecule has 1 N–H and O–H groups in total. The maximum atomic E-state index is 12.4. The molecule has 1 amide bonds. The van der Waals surface area contributed by atoms with Gasteiger partial charge in [0.2, 0.25) is 5.91 Å². The summed E-state index contributed by atoms with van der Waals surface area (Å²) in [4.78, 5) is 12.4. The highest BCUT2D eigenvalue weighted by Crippen LogP contribution is 2.28. The third-order valence-electron chi connectivity index (χ3n) is 4.24. The Bertz CT molecular complexity index is 1050. The van der Waals surface area contributed by atoms with Crippen molar-refractivity contribution in [1.82, 2.24) is 0 Å². The highest BCUT2D eigenvalue weighted by atomic mass is 16.5. The highest BCUT2D eigenvalue weighted by molar-refractivity contribution is 6.03. The number of nitrogens with zero attached hydrogens (tertiary/aromatic N) is 2. The summed E-state index contributed by atoms with van der Waals surface area (Å²) in [5.74, 6) is 0.494. The summed E-state index contributed by atoms with van der Waals surface area (Å²) >= 11 is 0. The van der Waals surface area contributed by atoms with Crippen LogP contribution in [0, 0.1) is 13.8 Å². The summed E-state index contributed by atoms with van der Waals surface area (Å²) in [5.41, 5.74) is 5.04. The first-order valence-electron chi connectivity index (χ1n) is 9.26. The van der Waals surface area contributed by atoms with E-state index in [1.54, 1.807) is 13.2 Å². The van der Waals surface area contributed by atoms with Crippen LogP contribution in [0.4, 0.5) is 17.1 Å². The Balaban J connectivity index is 1.75. The van der Waals surface area contributed by atoms with E-state index >= 15 is 0 Å². The van der Waals surface area contributed by atoms with Gasteiger partial charge in [0, 0.05) is 6.08 Å². The van der Waals surface area contributed by atoms with Crippen LogP contribution in [0.25, 0.3) is 6.08 Å². The van der Waals surface area contributed by atoms with Gasteiger partial charge in [0.05, 0.1) is 18.5 Å². The minimum absolute atomic E-state index is 0.247. The second-order valence-electron chi connectivity index (χ2n) is 6.66. The maximum Gasteiger partial charge on any atom is 0.248 e. The Morgan fingerprint density at radius 3 is 2.45 bits per heavy atom. The number of amides is 1. The molecule has 3 aromatic rings. The average molecular weight is 385 g/mol. The first-order valence-corrected chi connectivity index (χ1v) is 9.26. The molecule has 3 aromatic carbocycles. The number of nitrogens with one attached hydrogen (secondary N) is 1. The number of rotatable bonds is 6. The van der Waals surface area contributed by atoms with Crippen molar-refractivity contribution in [2.24, 2.45) is 10.2 Å². The molecule has 0 radical (unpaired) electrons. The van der Waals surface area contributed by atoms with Crippen LogP contribution >= 0.6 is 0 Å². The van der Waals surface area contributed by atoms with E-state index < -0.39 is 0 Å². The first kappa shape index (κ1) is 20.0. The number of carbonyl (C=O) groups is 1. The summed E-state index contributed by atoms with van der Waals surface area (Å²) in [6.45, 7) is 3.99. The summed E-state index contributed by atoms with van der Waals surface area (Å²) in [7, 11) is 1.61. The molecule has 0 saturated heterocycles. The van der Waals surface area contributed by atoms with E-state index in [9.17, 15) is 4.79 Å². The molecule has 146 valence electrons. The van der Waals surface area contributed by atoms with E-state index in [1.165, 1.54) is 6.08 Å². The van der Waals surface area contributed by atoms with Crippen LogP contribution in [0.5, 0.6) is 5.75 Å². The molecule has 0 aromatic heterocycles. The normalized spacial score (nSPS) is 11.1. The van der Waals surface area contributed by atoms with Crippen molar-refractivity contribution >= 4 is 29.0 Å². The molecule has 0 aliphatic carbocycles. The van der Waals surface area contributed by atoms with Gasteiger partial charge < -0.3 is 10.1 Å². The topological polar surface area (TPSA) is 63.0 Å². The number of anilines is 1. The second kappa shape index (κ2) is 9.46. The molecular weight excluding hydrogens is 362 g/mol.